The fraction of sp³-hybridized carbons (Fsp3) is 0.583. The van der Waals surface area contributed by atoms with Crippen molar-refractivity contribution in [2.24, 2.45) is 5.92 Å². The predicted molar refractivity (Wildman–Crippen MR) is 60.3 cm³/mol. The molecular formula is C12H15O2S. The van der Waals surface area contributed by atoms with Crippen LogP contribution in [-0.2, 0) is 17.6 Å². The van der Waals surface area contributed by atoms with Gasteiger partial charge in [-0.3, -0.25) is 0 Å². The summed E-state index contributed by atoms with van der Waals surface area (Å²) in [6.45, 7) is 4.53. The van der Waals surface area contributed by atoms with Crippen molar-refractivity contribution in [3.8, 4) is 0 Å². The number of carbonyl (C=O) groups is 1. The Bertz CT molecular complexity index is 368. The highest BCUT2D eigenvalue weighted by molar-refractivity contribution is 7.10. The van der Waals surface area contributed by atoms with Crippen LogP contribution in [0.5, 0.6) is 0 Å². The molecule has 3 heteroatoms. The molecule has 15 heavy (non-hydrogen) atoms. The summed E-state index contributed by atoms with van der Waals surface area (Å²) in [5.74, 6) is 0.532. The number of thiophene rings is 1. The molecular weight excluding hydrogens is 208 g/mol. The fourth-order valence-corrected chi connectivity index (χ4v) is 3.11. The van der Waals surface area contributed by atoms with E-state index in [0.717, 1.165) is 18.8 Å². The lowest BCUT2D eigenvalue weighted by atomic mass is 9.88. The summed E-state index contributed by atoms with van der Waals surface area (Å²) >= 11 is 1.58. The van der Waals surface area contributed by atoms with E-state index in [1.165, 1.54) is 16.9 Å². The van der Waals surface area contributed by atoms with E-state index in [4.69, 9.17) is 4.74 Å². The largest absolute Gasteiger partial charge is 0.462 e. The molecule has 1 heterocycles. The standard InChI is InChI=1S/C12H15O2S/c1-3-14-12(13)10-7-15-11-6-8(2)4-5-9(10)11/h8H,3-6H2,1-2H3. The fourth-order valence-electron chi connectivity index (χ4n) is 1.98. The highest BCUT2D eigenvalue weighted by atomic mass is 32.1. The molecule has 1 radical (unpaired) electrons. The van der Waals surface area contributed by atoms with Crippen molar-refractivity contribution in [3.05, 3.63) is 21.4 Å². The first kappa shape index (κ1) is 10.7. The molecule has 1 aromatic heterocycles. The number of rotatable bonds is 2. The topological polar surface area (TPSA) is 26.3 Å². The Balaban J connectivity index is 2.24. The van der Waals surface area contributed by atoms with Crippen LogP contribution in [0.25, 0.3) is 0 Å². The van der Waals surface area contributed by atoms with Crippen LogP contribution in [0.15, 0.2) is 0 Å². The van der Waals surface area contributed by atoms with Gasteiger partial charge in [0.15, 0.2) is 0 Å². The van der Waals surface area contributed by atoms with Crippen LogP contribution in [-0.4, -0.2) is 12.6 Å². The van der Waals surface area contributed by atoms with Gasteiger partial charge < -0.3 is 4.74 Å². The maximum atomic E-state index is 11.6. The molecule has 0 aliphatic heterocycles. The van der Waals surface area contributed by atoms with E-state index in [-0.39, 0.29) is 5.97 Å². The van der Waals surface area contributed by atoms with Gasteiger partial charge in [0.1, 0.15) is 0 Å². The molecule has 81 valence electrons. The Kier molecular flexibility index (Phi) is 3.10. The lowest BCUT2D eigenvalue weighted by Crippen LogP contribution is -2.13. The normalized spacial score (nSPS) is 19.7. The SMILES string of the molecule is CCOC(=O)c1[c]sc2c1CCC(C)C2. The van der Waals surface area contributed by atoms with Crippen LogP contribution in [0.2, 0.25) is 0 Å². The maximum absolute atomic E-state index is 11.6. The maximum Gasteiger partial charge on any atom is 0.339 e. The van der Waals surface area contributed by atoms with Gasteiger partial charge in [-0.2, -0.15) is 0 Å². The van der Waals surface area contributed by atoms with Crippen molar-refractivity contribution in [1.29, 1.82) is 0 Å². The van der Waals surface area contributed by atoms with E-state index in [1.807, 2.05) is 6.92 Å². The van der Waals surface area contributed by atoms with Gasteiger partial charge in [0.2, 0.25) is 0 Å². The average molecular weight is 223 g/mol. The van der Waals surface area contributed by atoms with E-state index in [0.29, 0.717) is 12.2 Å². The molecule has 0 spiro atoms. The predicted octanol–water partition coefficient (Wildman–Crippen LogP) is 2.85. The van der Waals surface area contributed by atoms with Gasteiger partial charge in [0.25, 0.3) is 0 Å². The molecule has 0 N–H and O–H groups in total. The van der Waals surface area contributed by atoms with Crippen molar-refractivity contribution in [2.75, 3.05) is 6.61 Å². The molecule has 1 atom stereocenters. The van der Waals surface area contributed by atoms with E-state index >= 15 is 0 Å². The molecule has 0 saturated carbocycles. The molecule has 1 unspecified atom stereocenters. The minimum atomic E-state index is -0.204. The van der Waals surface area contributed by atoms with Crippen LogP contribution in [0.3, 0.4) is 0 Å². The highest BCUT2D eigenvalue weighted by Gasteiger charge is 2.23. The lowest BCUT2D eigenvalue weighted by molar-refractivity contribution is 0.0525. The van der Waals surface area contributed by atoms with Crippen molar-refractivity contribution in [1.82, 2.24) is 0 Å². The molecule has 0 saturated heterocycles. The van der Waals surface area contributed by atoms with E-state index in [2.05, 4.69) is 12.3 Å². The Morgan fingerprint density at radius 3 is 3.20 bits per heavy atom. The van der Waals surface area contributed by atoms with Gasteiger partial charge in [0, 0.05) is 4.88 Å². The van der Waals surface area contributed by atoms with E-state index < -0.39 is 0 Å². The molecule has 0 amide bonds. The second kappa shape index (κ2) is 4.35. The zero-order valence-corrected chi connectivity index (χ0v) is 9.95. The minimum absolute atomic E-state index is 0.204. The number of esters is 1. The third-order valence-corrected chi connectivity index (χ3v) is 3.78. The van der Waals surface area contributed by atoms with Crippen molar-refractivity contribution >= 4 is 17.3 Å². The molecule has 2 nitrogen and oxygen atoms in total. The molecule has 0 fully saturated rings. The van der Waals surface area contributed by atoms with Gasteiger partial charge in [-0.05, 0) is 37.7 Å². The first-order valence-electron chi connectivity index (χ1n) is 5.41. The Morgan fingerprint density at radius 1 is 1.67 bits per heavy atom. The van der Waals surface area contributed by atoms with Crippen LogP contribution in [0, 0.1) is 11.3 Å². The number of ether oxygens (including phenoxy) is 1. The zero-order chi connectivity index (χ0) is 10.8. The van der Waals surface area contributed by atoms with Gasteiger partial charge in [0.05, 0.1) is 17.6 Å². The van der Waals surface area contributed by atoms with Gasteiger partial charge in [-0.1, -0.05) is 6.92 Å². The summed E-state index contributed by atoms with van der Waals surface area (Å²) in [7, 11) is 0. The Morgan fingerprint density at radius 2 is 2.47 bits per heavy atom. The lowest BCUT2D eigenvalue weighted by Gasteiger charge is -2.18. The summed E-state index contributed by atoms with van der Waals surface area (Å²) in [6.07, 6.45) is 3.27. The molecule has 0 bridgehead atoms. The summed E-state index contributed by atoms with van der Waals surface area (Å²) < 4.78 is 5.02. The summed E-state index contributed by atoms with van der Waals surface area (Å²) in [5.41, 5.74) is 1.88. The van der Waals surface area contributed by atoms with Gasteiger partial charge in [-0.15, -0.1) is 11.3 Å². The van der Waals surface area contributed by atoms with Crippen LogP contribution in [0.1, 0.15) is 41.1 Å². The number of hydrogen-bond acceptors (Lipinski definition) is 3. The Labute approximate surface area is 94.3 Å². The van der Waals surface area contributed by atoms with E-state index in [1.54, 1.807) is 11.3 Å². The Hall–Kier alpha value is -0.830. The van der Waals surface area contributed by atoms with Gasteiger partial charge in [-0.25, -0.2) is 4.79 Å². The second-order valence-corrected chi connectivity index (χ2v) is 4.95. The third kappa shape index (κ3) is 2.07. The first-order chi connectivity index (χ1) is 7.22. The second-order valence-electron chi connectivity index (χ2n) is 4.05. The van der Waals surface area contributed by atoms with Crippen LogP contribution < -0.4 is 0 Å². The van der Waals surface area contributed by atoms with Crippen LogP contribution >= 0.6 is 11.3 Å². The smallest absolute Gasteiger partial charge is 0.339 e. The van der Waals surface area contributed by atoms with Crippen LogP contribution in [0.4, 0.5) is 0 Å². The van der Waals surface area contributed by atoms with Crippen molar-refractivity contribution < 1.29 is 9.53 Å². The average Bonchev–Trinajstić information content (AvgIpc) is 2.60. The highest BCUT2D eigenvalue weighted by Crippen LogP contribution is 2.32. The summed E-state index contributed by atoms with van der Waals surface area (Å²) in [6, 6.07) is 0. The zero-order valence-electron chi connectivity index (χ0n) is 9.13. The summed E-state index contributed by atoms with van der Waals surface area (Å²) in [4.78, 5) is 12.9. The molecule has 1 aromatic rings. The number of hydrogen-bond donors (Lipinski definition) is 0. The van der Waals surface area contributed by atoms with Gasteiger partial charge >= 0.3 is 5.97 Å². The van der Waals surface area contributed by atoms with Crippen molar-refractivity contribution in [2.45, 2.75) is 33.1 Å². The molecule has 0 aromatic carbocycles. The minimum Gasteiger partial charge on any atom is -0.462 e. The summed E-state index contributed by atoms with van der Waals surface area (Å²) in [5, 5.41) is 3.09. The third-order valence-electron chi connectivity index (χ3n) is 2.82. The van der Waals surface area contributed by atoms with E-state index in [9.17, 15) is 4.79 Å². The number of fused-ring (bicyclic) bond motifs is 1. The molecule has 1 aliphatic carbocycles. The molecule has 1 aliphatic rings. The number of carbonyl (C=O) groups excluding carboxylic acids is 1. The van der Waals surface area contributed by atoms with Crippen molar-refractivity contribution in [3.63, 3.8) is 0 Å². The molecule has 2 rings (SSSR count). The quantitative estimate of drug-likeness (QED) is 0.721. The monoisotopic (exact) mass is 223 g/mol. The first-order valence-corrected chi connectivity index (χ1v) is 6.23.